The fourth-order valence-electron chi connectivity index (χ4n) is 1.89. The van der Waals surface area contributed by atoms with Gasteiger partial charge in [0, 0.05) is 19.8 Å². The highest BCUT2D eigenvalue weighted by molar-refractivity contribution is 5.94. The Bertz CT molecular complexity index is 669. The monoisotopic (exact) mass is 302 g/mol. The van der Waals surface area contributed by atoms with Crippen LogP contribution in [0, 0.1) is 5.82 Å². The first-order valence-electron chi connectivity index (χ1n) is 6.55. The number of benzene rings is 1. The third-order valence-electron chi connectivity index (χ3n) is 3.08. The van der Waals surface area contributed by atoms with E-state index in [1.54, 1.807) is 19.2 Å². The maximum atomic E-state index is 12.9. The third-order valence-corrected chi connectivity index (χ3v) is 3.08. The van der Waals surface area contributed by atoms with Gasteiger partial charge >= 0.3 is 5.97 Å². The smallest absolute Gasteiger partial charge is 0.339 e. The maximum Gasteiger partial charge on any atom is 0.339 e. The summed E-state index contributed by atoms with van der Waals surface area (Å²) in [5.41, 5.74) is 1.31. The van der Waals surface area contributed by atoms with Gasteiger partial charge in [0.1, 0.15) is 11.5 Å². The molecule has 1 aromatic heterocycles. The molecule has 114 valence electrons. The number of methoxy groups -OCH3 is 1. The fraction of sp³-hybridized carbons (Fsp3) is 0.188. The van der Waals surface area contributed by atoms with Gasteiger partial charge in [-0.1, -0.05) is 12.1 Å². The Labute approximate surface area is 127 Å². The first-order chi connectivity index (χ1) is 10.5. The van der Waals surface area contributed by atoms with Crippen LogP contribution in [0.3, 0.4) is 0 Å². The molecule has 0 spiro atoms. The first kappa shape index (κ1) is 15.6. The second kappa shape index (κ2) is 6.80. The highest BCUT2D eigenvalue weighted by atomic mass is 19.1. The van der Waals surface area contributed by atoms with E-state index in [0.717, 1.165) is 5.56 Å². The highest BCUT2D eigenvalue weighted by Gasteiger charge is 2.14. The molecule has 0 radical (unpaired) electrons. The van der Waals surface area contributed by atoms with Crippen LogP contribution in [0.15, 0.2) is 42.6 Å². The highest BCUT2D eigenvalue weighted by Crippen LogP contribution is 2.09. The van der Waals surface area contributed by atoms with Gasteiger partial charge in [0.05, 0.1) is 12.7 Å². The van der Waals surface area contributed by atoms with Gasteiger partial charge < -0.3 is 9.64 Å². The topological polar surface area (TPSA) is 59.5 Å². The Morgan fingerprint density at radius 2 is 1.86 bits per heavy atom. The van der Waals surface area contributed by atoms with E-state index in [1.165, 1.54) is 42.5 Å². The number of esters is 1. The average molecular weight is 302 g/mol. The predicted octanol–water partition coefficient (Wildman–Crippen LogP) is 2.28. The van der Waals surface area contributed by atoms with E-state index in [-0.39, 0.29) is 23.0 Å². The van der Waals surface area contributed by atoms with Gasteiger partial charge in [-0.3, -0.25) is 9.78 Å². The lowest BCUT2D eigenvalue weighted by Gasteiger charge is -2.16. The SMILES string of the molecule is COC(=O)c1ccc(C(=O)N(C)Cc2ccc(F)cc2)nc1. The molecule has 6 heteroatoms. The van der Waals surface area contributed by atoms with Crippen LogP contribution in [0.1, 0.15) is 26.4 Å². The quantitative estimate of drug-likeness (QED) is 0.813. The van der Waals surface area contributed by atoms with Gasteiger partial charge in [0.15, 0.2) is 0 Å². The number of ether oxygens (including phenoxy) is 1. The Kier molecular flexibility index (Phi) is 4.83. The molecule has 0 saturated carbocycles. The number of aromatic nitrogens is 1. The summed E-state index contributed by atoms with van der Waals surface area (Å²) in [6, 6.07) is 8.88. The van der Waals surface area contributed by atoms with Crippen molar-refractivity contribution in [3.63, 3.8) is 0 Å². The molecule has 5 nitrogen and oxygen atoms in total. The minimum atomic E-state index is -0.508. The molecule has 0 fully saturated rings. The Balaban J connectivity index is 2.06. The van der Waals surface area contributed by atoms with Crippen LogP contribution < -0.4 is 0 Å². The van der Waals surface area contributed by atoms with Crippen molar-refractivity contribution in [3.8, 4) is 0 Å². The molecule has 0 atom stereocenters. The van der Waals surface area contributed by atoms with Crippen molar-refractivity contribution in [2.24, 2.45) is 0 Å². The number of hydrogen-bond acceptors (Lipinski definition) is 4. The molecule has 0 aliphatic heterocycles. The average Bonchev–Trinajstić information content (AvgIpc) is 2.55. The molecule has 0 aliphatic rings. The van der Waals surface area contributed by atoms with Crippen molar-refractivity contribution in [2.45, 2.75) is 6.54 Å². The molecule has 0 unspecified atom stereocenters. The van der Waals surface area contributed by atoms with Crippen LogP contribution in [0.25, 0.3) is 0 Å². The molecule has 0 bridgehead atoms. The van der Waals surface area contributed by atoms with Crippen LogP contribution >= 0.6 is 0 Å². The summed E-state index contributed by atoms with van der Waals surface area (Å²) in [6.07, 6.45) is 1.30. The lowest BCUT2D eigenvalue weighted by atomic mass is 10.2. The van der Waals surface area contributed by atoms with Crippen molar-refractivity contribution in [3.05, 3.63) is 65.2 Å². The van der Waals surface area contributed by atoms with E-state index in [9.17, 15) is 14.0 Å². The minimum Gasteiger partial charge on any atom is -0.465 e. The molecular weight excluding hydrogens is 287 g/mol. The molecule has 22 heavy (non-hydrogen) atoms. The van der Waals surface area contributed by atoms with Crippen LogP contribution in [0.4, 0.5) is 4.39 Å². The van der Waals surface area contributed by atoms with Gasteiger partial charge in [-0.2, -0.15) is 0 Å². The summed E-state index contributed by atoms with van der Waals surface area (Å²) >= 11 is 0. The molecule has 0 saturated heterocycles. The summed E-state index contributed by atoms with van der Waals surface area (Å²) in [7, 11) is 2.90. The third kappa shape index (κ3) is 3.66. The second-order valence-corrected chi connectivity index (χ2v) is 4.71. The summed E-state index contributed by atoms with van der Waals surface area (Å²) < 4.78 is 17.4. The fourth-order valence-corrected chi connectivity index (χ4v) is 1.89. The zero-order valence-corrected chi connectivity index (χ0v) is 12.2. The lowest BCUT2D eigenvalue weighted by molar-refractivity contribution is 0.0599. The van der Waals surface area contributed by atoms with Crippen molar-refractivity contribution in [1.29, 1.82) is 0 Å². The number of hydrogen-bond donors (Lipinski definition) is 0. The number of rotatable bonds is 4. The summed E-state index contributed by atoms with van der Waals surface area (Å²) in [6.45, 7) is 0.333. The van der Waals surface area contributed by atoms with E-state index < -0.39 is 5.97 Å². The van der Waals surface area contributed by atoms with Crippen LogP contribution in [0.2, 0.25) is 0 Å². The summed E-state index contributed by atoms with van der Waals surface area (Å²) in [5, 5.41) is 0. The van der Waals surface area contributed by atoms with Crippen molar-refractivity contribution in [1.82, 2.24) is 9.88 Å². The number of amides is 1. The molecule has 1 heterocycles. The molecule has 2 rings (SSSR count). The molecule has 0 aliphatic carbocycles. The number of halogens is 1. The molecule has 2 aromatic rings. The number of pyridine rings is 1. The zero-order chi connectivity index (χ0) is 16.1. The van der Waals surface area contributed by atoms with Crippen molar-refractivity contribution >= 4 is 11.9 Å². The molecular formula is C16H15FN2O3. The second-order valence-electron chi connectivity index (χ2n) is 4.71. The van der Waals surface area contributed by atoms with Crippen LogP contribution in [0.5, 0.6) is 0 Å². The maximum absolute atomic E-state index is 12.9. The normalized spacial score (nSPS) is 10.1. The van der Waals surface area contributed by atoms with Crippen LogP contribution in [-0.4, -0.2) is 35.9 Å². The van der Waals surface area contributed by atoms with E-state index in [1.807, 2.05) is 0 Å². The van der Waals surface area contributed by atoms with E-state index >= 15 is 0 Å². The molecule has 0 N–H and O–H groups in total. The standard InChI is InChI=1S/C16H15FN2O3/c1-19(10-11-3-6-13(17)7-4-11)15(20)14-8-5-12(9-18-14)16(21)22-2/h3-9H,10H2,1-2H3. The molecule has 1 aromatic carbocycles. The van der Waals surface area contributed by atoms with Gasteiger partial charge in [-0.25, -0.2) is 9.18 Å². The number of carbonyl (C=O) groups excluding carboxylic acids is 2. The van der Waals surface area contributed by atoms with E-state index in [4.69, 9.17) is 0 Å². The van der Waals surface area contributed by atoms with Crippen LogP contribution in [-0.2, 0) is 11.3 Å². The minimum absolute atomic E-state index is 0.220. The Hall–Kier alpha value is -2.76. The zero-order valence-electron chi connectivity index (χ0n) is 12.2. The largest absolute Gasteiger partial charge is 0.465 e. The van der Waals surface area contributed by atoms with E-state index in [0.29, 0.717) is 6.54 Å². The lowest BCUT2D eigenvalue weighted by Crippen LogP contribution is -2.27. The van der Waals surface area contributed by atoms with Gasteiger partial charge in [-0.15, -0.1) is 0 Å². The number of nitrogens with zero attached hydrogens (tertiary/aromatic N) is 2. The number of carbonyl (C=O) groups is 2. The van der Waals surface area contributed by atoms with Crippen molar-refractivity contribution < 1.29 is 18.7 Å². The molecule has 1 amide bonds. The van der Waals surface area contributed by atoms with Gasteiger partial charge in [-0.05, 0) is 29.8 Å². The van der Waals surface area contributed by atoms with Gasteiger partial charge in [0.25, 0.3) is 5.91 Å². The van der Waals surface area contributed by atoms with Gasteiger partial charge in [0.2, 0.25) is 0 Å². The van der Waals surface area contributed by atoms with E-state index in [2.05, 4.69) is 9.72 Å². The Morgan fingerprint density at radius 3 is 2.41 bits per heavy atom. The summed E-state index contributed by atoms with van der Waals surface area (Å²) in [4.78, 5) is 29.0. The summed E-state index contributed by atoms with van der Waals surface area (Å²) in [5.74, 6) is -1.12. The van der Waals surface area contributed by atoms with Crippen molar-refractivity contribution in [2.75, 3.05) is 14.2 Å². The predicted molar refractivity (Wildman–Crippen MR) is 77.8 cm³/mol. The Morgan fingerprint density at radius 1 is 1.18 bits per heavy atom. The first-order valence-corrected chi connectivity index (χ1v) is 6.55.